The number of nitrogens with zero attached hydrogens (tertiary/aromatic N) is 1. The second-order valence-electron chi connectivity index (χ2n) is 5.90. The summed E-state index contributed by atoms with van der Waals surface area (Å²) >= 11 is 0. The molecular weight excluding hydrogens is 272 g/mol. The maximum Gasteiger partial charge on any atom is 0.326 e. The fourth-order valence-corrected chi connectivity index (χ4v) is 2.04. The second kappa shape index (κ2) is 5.73. The van der Waals surface area contributed by atoms with Gasteiger partial charge in [0.05, 0.1) is 5.69 Å². The van der Waals surface area contributed by atoms with E-state index in [2.05, 4.69) is 0 Å². The molecule has 0 aliphatic carbocycles. The number of hydrogen-bond donors (Lipinski definition) is 1. The van der Waals surface area contributed by atoms with Crippen LogP contribution in [0.4, 0.5) is 5.69 Å². The van der Waals surface area contributed by atoms with Gasteiger partial charge in [-0.05, 0) is 32.9 Å². The van der Waals surface area contributed by atoms with Gasteiger partial charge in [0.1, 0.15) is 30.5 Å². The van der Waals surface area contributed by atoms with Gasteiger partial charge in [0, 0.05) is 0 Å². The quantitative estimate of drug-likeness (QED) is 0.825. The van der Waals surface area contributed by atoms with E-state index in [0.29, 0.717) is 11.4 Å². The van der Waals surface area contributed by atoms with Gasteiger partial charge in [0.25, 0.3) is 0 Å². The SMILES string of the molecule is CC(C)(C)OC(=O)CN1C(=O)[C@@H](N)COc2ccccc21. The van der Waals surface area contributed by atoms with Crippen LogP contribution in [0.5, 0.6) is 5.75 Å². The molecule has 0 radical (unpaired) electrons. The number of benzene rings is 1. The lowest BCUT2D eigenvalue weighted by atomic mass is 10.2. The summed E-state index contributed by atoms with van der Waals surface area (Å²) in [5.74, 6) is -0.312. The number of rotatable bonds is 2. The lowest BCUT2D eigenvalue weighted by Crippen LogP contribution is -2.47. The van der Waals surface area contributed by atoms with Crippen LogP contribution in [0.3, 0.4) is 0 Å². The third-order valence-electron chi connectivity index (χ3n) is 2.86. The summed E-state index contributed by atoms with van der Waals surface area (Å²) in [6.45, 7) is 5.22. The van der Waals surface area contributed by atoms with Crippen LogP contribution in [-0.2, 0) is 14.3 Å². The molecule has 1 atom stereocenters. The van der Waals surface area contributed by atoms with Gasteiger partial charge in [-0.25, -0.2) is 0 Å². The number of para-hydroxylation sites is 2. The minimum atomic E-state index is -0.806. The van der Waals surface area contributed by atoms with Gasteiger partial charge >= 0.3 is 5.97 Å². The van der Waals surface area contributed by atoms with Crippen molar-refractivity contribution in [3.05, 3.63) is 24.3 Å². The van der Waals surface area contributed by atoms with Crippen molar-refractivity contribution in [2.24, 2.45) is 5.73 Å². The number of hydrogen-bond acceptors (Lipinski definition) is 5. The molecule has 1 amide bonds. The average Bonchev–Trinajstić information content (AvgIpc) is 2.49. The number of fused-ring (bicyclic) bond motifs is 1. The van der Waals surface area contributed by atoms with E-state index in [1.165, 1.54) is 4.90 Å². The van der Waals surface area contributed by atoms with Crippen LogP contribution in [-0.4, -0.2) is 36.7 Å². The van der Waals surface area contributed by atoms with Crippen LogP contribution in [0, 0.1) is 0 Å². The zero-order valence-corrected chi connectivity index (χ0v) is 12.5. The standard InChI is InChI=1S/C15H20N2O4/c1-15(2,3)21-13(18)8-17-11-6-4-5-7-12(11)20-9-10(16)14(17)19/h4-7,10H,8-9,16H2,1-3H3/t10-/m0/s1. The molecular formula is C15H20N2O4. The second-order valence-corrected chi connectivity index (χ2v) is 5.90. The summed E-state index contributed by atoms with van der Waals surface area (Å²) in [4.78, 5) is 25.6. The number of carbonyl (C=O) groups excluding carboxylic acids is 2. The molecule has 1 aliphatic heterocycles. The molecule has 21 heavy (non-hydrogen) atoms. The number of carbonyl (C=O) groups is 2. The van der Waals surface area contributed by atoms with Crippen molar-refractivity contribution >= 4 is 17.6 Å². The highest BCUT2D eigenvalue weighted by Gasteiger charge is 2.31. The number of esters is 1. The normalized spacial score (nSPS) is 18.6. The maximum absolute atomic E-state index is 12.3. The molecule has 0 aromatic heterocycles. The van der Waals surface area contributed by atoms with Gasteiger partial charge in [0.2, 0.25) is 5.91 Å². The van der Waals surface area contributed by atoms with Gasteiger partial charge in [-0.2, -0.15) is 0 Å². The van der Waals surface area contributed by atoms with Crippen molar-refractivity contribution < 1.29 is 19.1 Å². The minimum Gasteiger partial charge on any atom is -0.489 e. The first-order valence-corrected chi connectivity index (χ1v) is 6.78. The van der Waals surface area contributed by atoms with E-state index in [4.69, 9.17) is 15.2 Å². The van der Waals surface area contributed by atoms with Crippen LogP contribution >= 0.6 is 0 Å². The van der Waals surface area contributed by atoms with E-state index in [-0.39, 0.29) is 19.1 Å². The van der Waals surface area contributed by atoms with Crippen molar-refractivity contribution in [2.45, 2.75) is 32.4 Å². The topological polar surface area (TPSA) is 81.9 Å². The first-order chi connectivity index (χ1) is 9.78. The summed E-state index contributed by atoms with van der Waals surface area (Å²) in [5.41, 5.74) is 5.70. The molecule has 0 saturated heterocycles. The molecule has 6 heteroatoms. The Morgan fingerprint density at radius 1 is 1.43 bits per heavy atom. The van der Waals surface area contributed by atoms with Crippen LogP contribution < -0.4 is 15.4 Å². The molecule has 0 spiro atoms. The largest absolute Gasteiger partial charge is 0.489 e. The summed E-state index contributed by atoms with van der Waals surface area (Å²) in [5, 5.41) is 0. The maximum atomic E-state index is 12.3. The van der Waals surface area contributed by atoms with Crippen molar-refractivity contribution in [1.82, 2.24) is 0 Å². The lowest BCUT2D eigenvalue weighted by Gasteiger charge is -2.25. The zero-order valence-electron chi connectivity index (χ0n) is 12.5. The number of ether oxygens (including phenoxy) is 2. The Morgan fingerprint density at radius 2 is 2.10 bits per heavy atom. The molecule has 0 unspecified atom stereocenters. The van der Waals surface area contributed by atoms with Crippen LogP contribution in [0.1, 0.15) is 20.8 Å². The minimum absolute atomic E-state index is 0.0840. The van der Waals surface area contributed by atoms with Crippen LogP contribution in [0.2, 0.25) is 0 Å². The zero-order chi connectivity index (χ0) is 15.6. The first kappa shape index (κ1) is 15.3. The first-order valence-electron chi connectivity index (χ1n) is 6.78. The molecule has 2 rings (SSSR count). The third-order valence-corrected chi connectivity index (χ3v) is 2.86. The highest BCUT2D eigenvalue weighted by molar-refractivity contribution is 6.02. The van der Waals surface area contributed by atoms with Gasteiger partial charge in [-0.1, -0.05) is 12.1 Å². The van der Waals surface area contributed by atoms with Gasteiger partial charge in [0.15, 0.2) is 0 Å². The van der Waals surface area contributed by atoms with Gasteiger partial charge in [-0.15, -0.1) is 0 Å². The van der Waals surface area contributed by atoms with E-state index >= 15 is 0 Å². The highest BCUT2D eigenvalue weighted by atomic mass is 16.6. The predicted molar refractivity (Wildman–Crippen MR) is 78.1 cm³/mol. The van der Waals surface area contributed by atoms with E-state index in [1.54, 1.807) is 45.0 Å². The molecule has 0 bridgehead atoms. The molecule has 1 aromatic rings. The predicted octanol–water partition coefficient (Wildman–Crippen LogP) is 1.08. The fraction of sp³-hybridized carbons (Fsp3) is 0.467. The molecule has 1 aromatic carbocycles. The molecule has 114 valence electrons. The Bertz CT molecular complexity index is 551. The molecule has 2 N–H and O–H groups in total. The number of nitrogens with two attached hydrogens (primary N) is 1. The molecule has 1 aliphatic rings. The smallest absolute Gasteiger partial charge is 0.326 e. The van der Waals surface area contributed by atoms with Crippen molar-refractivity contribution in [3.63, 3.8) is 0 Å². The Hall–Kier alpha value is -2.08. The van der Waals surface area contributed by atoms with E-state index in [0.717, 1.165) is 0 Å². The van der Waals surface area contributed by atoms with Crippen molar-refractivity contribution in [1.29, 1.82) is 0 Å². The van der Waals surface area contributed by atoms with Crippen molar-refractivity contribution in [3.8, 4) is 5.75 Å². The average molecular weight is 292 g/mol. The Kier molecular flexibility index (Phi) is 4.18. The summed E-state index contributed by atoms with van der Waals surface area (Å²) < 4.78 is 10.8. The molecule has 6 nitrogen and oxygen atoms in total. The Morgan fingerprint density at radius 3 is 2.76 bits per heavy atom. The number of anilines is 1. The Labute approximate surface area is 123 Å². The summed E-state index contributed by atoms with van der Waals surface area (Å²) in [6.07, 6.45) is 0. The molecule has 1 heterocycles. The van der Waals surface area contributed by atoms with Crippen LogP contribution in [0.25, 0.3) is 0 Å². The number of amides is 1. The van der Waals surface area contributed by atoms with Gasteiger partial charge in [-0.3, -0.25) is 14.5 Å². The van der Waals surface area contributed by atoms with E-state index in [1.807, 2.05) is 0 Å². The summed E-state index contributed by atoms with van der Waals surface area (Å²) in [7, 11) is 0. The Balaban J connectivity index is 2.26. The molecule has 0 fully saturated rings. The third kappa shape index (κ3) is 3.72. The monoisotopic (exact) mass is 292 g/mol. The van der Waals surface area contributed by atoms with E-state index < -0.39 is 17.6 Å². The summed E-state index contributed by atoms with van der Waals surface area (Å²) in [6, 6.07) is 6.22. The fourth-order valence-electron chi connectivity index (χ4n) is 2.04. The van der Waals surface area contributed by atoms with Crippen LogP contribution in [0.15, 0.2) is 24.3 Å². The van der Waals surface area contributed by atoms with Crippen molar-refractivity contribution in [2.75, 3.05) is 18.1 Å². The molecule has 0 saturated carbocycles. The lowest BCUT2D eigenvalue weighted by molar-refractivity contribution is -0.153. The highest BCUT2D eigenvalue weighted by Crippen LogP contribution is 2.30. The van der Waals surface area contributed by atoms with Gasteiger partial charge < -0.3 is 15.2 Å². The van der Waals surface area contributed by atoms with E-state index in [9.17, 15) is 9.59 Å².